The number of hydrogen-bond acceptors (Lipinski definition) is 6. The second-order valence-corrected chi connectivity index (χ2v) is 4.80. The molecule has 0 aliphatic carbocycles. The van der Waals surface area contributed by atoms with Crippen LogP contribution in [0, 0.1) is 0 Å². The van der Waals surface area contributed by atoms with E-state index in [0.29, 0.717) is 11.9 Å². The van der Waals surface area contributed by atoms with E-state index in [1.165, 1.54) is 0 Å². The average Bonchev–Trinajstić information content (AvgIpc) is 2.43. The molecule has 0 bridgehead atoms. The molecule has 0 fully saturated rings. The first-order valence-corrected chi connectivity index (χ1v) is 7.60. The van der Waals surface area contributed by atoms with Crippen LogP contribution in [0.25, 0.3) is 0 Å². The largest absolute Gasteiger partial charge is 0.396 e. The first kappa shape index (κ1) is 16.9. The number of nitrogens with zero attached hydrogens (tertiary/aromatic N) is 4. The third-order valence-corrected chi connectivity index (χ3v) is 3.18. The van der Waals surface area contributed by atoms with Gasteiger partial charge in [-0.1, -0.05) is 12.8 Å². The van der Waals surface area contributed by atoms with Crippen LogP contribution in [0.15, 0.2) is 0 Å². The van der Waals surface area contributed by atoms with Crippen LogP contribution in [0.4, 0.5) is 11.9 Å². The van der Waals surface area contributed by atoms with Gasteiger partial charge in [-0.2, -0.15) is 15.0 Å². The summed E-state index contributed by atoms with van der Waals surface area (Å²) < 4.78 is 0. The van der Waals surface area contributed by atoms with Crippen molar-refractivity contribution in [2.45, 2.75) is 39.5 Å². The Labute approximate surface area is 125 Å². The molecule has 1 aromatic heterocycles. The topological polar surface area (TPSA) is 74.2 Å². The van der Waals surface area contributed by atoms with Gasteiger partial charge in [0.1, 0.15) is 0 Å². The van der Waals surface area contributed by atoms with Gasteiger partial charge in [-0.05, 0) is 38.3 Å². The highest BCUT2D eigenvalue weighted by Gasteiger charge is 2.09. The molecule has 0 aliphatic heterocycles. The molecule has 20 heavy (non-hydrogen) atoms. The van der Waals surface area contributed by atoms with Gasteiger partial charge in [-0.25, -0.2) is 0 Å². The molecule has 0 unspecified atom stereocenters. The van der Waals surface area contributed by atoms with E-state index in [0.717, 1.165) is 45.3 Å². The first-order chi connectivity index (χ1) is 9.71. The molecule has 6 nitrogen and oxygen atoms in total. The quantitative estimate of drug-likeness (QED) is 0.646. The van der Waals surface area contributed by atoms with Crippen molar-refractivity contribution in [2.75, 3.05) is 36.5 Å². The molecular formula is C13H24ClN5O. The lowest BCUT2D eigenvalue weighted by Crippen LogP contribution is -2.25. The number of nitrogens with one attached hydrogen (secondary N) is 1. The van der Waals surface area contributed by atoms with Gasteiger partial charge >= 0.3 is 0 Å². The van der Waals surface area contributed by atoms with Gasteiger partial charge in [0.25, 0.3) is 0 Å². The van der Waals surface area contributed by atoms with Gasteiger partial charge in [0.2, 0.25) is 17.2 Å². The lowest BCUT2D eigenvalue weighted by Gasteiger charge is -2.18. The molecule has 2 N–H and O–H groups in total. The Morgan fingerprint density at radius 2 is 1.75 bits per heavy atom. The van der Waals surface area contributed by atoms with Crippen molar-refractivity contribution in [3.8, 4) is 0 Å². The number of aliphatic hydroxyl groups excluding tert-OH is 1. The number of hydrogen-bond donors (Lipinski definition) is 2. The number of halogens is 1. The molecule has 0 aromatic carbocycles. The van der Waals surface area contributed by atoms with E-state index in [-0.39, 0.29) is 11.9 Å². The standard InChI is InChI=1S/C13H24ClN5O/c1-3-19(4-2)13-17-11(14)16-12(18-13)15-9-7-5-6-8-10-20/h20H,3-10H2,1-2H3,(H,15,16,17,18). The Kier molecular flexibility index (Phi) is 8.22. The van der Waals surface area contributed by atoms with Gasteiger partial charge in [0.15, 0.2) is 0 Å². The number of rotatable bonds is 10. The van der Waals surface area contributed by atoms with Crippen LogP contribution in [-0.2, 0) is 0 Å². The third kappa shape index (κ3) is 5.88. The summed E-state index contributed by atoms with van der Waals surface area (Å²) in [6, 6.07) is 0. The molecule has 0 saturated heterocycles. The van der Waals surface area contributed by atoms with E-state index >= 15 is 0 Å². The zero-order chi connectivity index (χ0) is 14.8. The molecule has 0 radical (unpaired) electrons. The van der Waals surface area contributed by atoms with Gasteiger partial charge < -0.3 is 15.3 Å². The summed E-state index contributed by atoms with van der Waals surface area (Å²) in [7, 11) is 0. The SMILES string of the molecule is CCN(CC)c1nc(Cl)nc(NCCCCCCO)n1. The molecule has 114 valence electrons. The lowest BCUT2D eigenvalue weighted by molar-refractivity contribution is 0.283. The number of aromatic nitrogens is 3. The van der Waals surface area contributed by atoms with Crippen molar-refractivity contribution in [2.24, 2.45) is 0 Å². The predicted octanol–water partition coefficient (Wildman–Crippen LogP) is 2.34. The molecule has 0 atom stereocenters. The highest BCUT2D eigenvalue weighted by Crippen LogP contribution is 2.13. The summed E-state index contributed by atoms with van der Waals surface area (Å²) in [5, 5.41) is 12.1. The van der Waals surface area contributed by atoms with Crippen molar-refractivity contribution in [1.29, 1.82) is 0 Å². The van der Waals surface area contributed by atoms with Crippen molar-refractivity contribution >= 4 is 23.5 Å². The predicted molar refractivity (Wildman–Crippen MR) is 82.4 cm³/mol. The fraction of sp³-hybridized carbons (Fsp3) is 0.769. The lowest BCUT2D eigenvalue weighted by atomic mass is 10.2. The Morgan fingerprint density at radius 1 is 1.05 bits per heavy atom. The van der Waals surface area contributed by atoms with Crippen molar-refractivity contribution in [3.63, 3.8) is 0 Å². The van der Waals surface area contributed by atoms with Gasteiger partial charge in [-0.15, -0.1) is 0 Å². The molecule has 1 heterocycles. The maximum absolute atomic E-state index is 8.70. The summed E-state index contributed by atoms with van der Waals surface area (Å²) in [6.07, 6.45) is 4.00. The molecule has 1 rings (SSSR count). The monoisotopic (exact) mass is 301 g/mol. The van der Waals surface area contributed by atoms with Crippen LogP contribution in [0.2, 0.25) is 5.28 Å². The minimum atomic E-state index is 0.213. The molecular weight excluding hydrogens is 278 g/mol. The molecule has 7 heteroatoms. The van der Waals surface area contributed by atoms with Gasteiger partial charge in [0, 0.05) is 26.2 Å². The van der Waals surface area contributed by atoms with Crippen molar-refractivity contribution in [3.05, 3.63) is 5.28 Å². The summed E-state index contributed by atoms with van der Waals surface area (Å²) in [5.74, 6) is 1.13. The van der Waals surface area contributed by atoms with E-state index in [9.17, 15) is 0 Å². The molecule has 1 aromatic rings. The molecule has 0 amide bonds. The Hall–Kier alpha value is -1.14. The number of aliphatic hydroxyl groups is 1. The third-order valence-electron chi connectivity index (χ3n) is 3.01. The van der Waals surface area contributed by atoms with E-state index in [4.69, 9.17) is 16.7 Å². The minimum Gasteiger partial charge on any atom is -0.396 e. The highest BCUT2D eigenvalue weighted by atomic mass is 35.5. The van der Waals surface area contributed by atoms with Gasteiger partial charge in [0.05, 0.1) is 0 Å². The van der Waals surface area contributed by atoms with Gasteiger partial charge in [-0.3, -0.25) is 0 Å². The van der Waals surface area contributed by atoms with Crippen LogP contribution in [0.3, 0.4) is 0 Å². The van der Waals surface area contributed by atoms with Crippen molar-refractivity contribution < 1.29 is 5.11 Å². The van der Waals surface area contributed by atoms with Crippen LogP contribution < -0.4 is 10.2 Å². The minimum absolute atomic E-state index is 0.213. The number of anilines is 2. The second-order valence-electron chi connectivity index (χ2n) is 4.46. The van der Waals surface area contributed by atoms with E-state index in [1.807, 2.05) is 4.90 Å². The molecule has 0 spiro atoms. The Bertz CT molecular complexity index is 387. The summed E-state index contributed by atoms with van der Waals surface area (Å²) in [4.78, 5) is 14.6. The summed E-state index contributed by atoms with van der Waals surface area (Å²) in [6.45, 7) is 6.83. The molecule has 0 aliphatic rings. The normalized spacial score (nSPS) is 10.6. The van der Waals surface area contributed by atoms with Crippen LogP contribution in [0.1, 0.15) is 39.5 Å². The zero-order valence-electron chi connectivity index (χ0n) is 12.3. The van der Waals surface area contributed by atoms with E-state index < -0.39 is 0 Å². The second kappa shape index (κ2) is 9.72. The molecule has 0 saturated carbocycles. The highest BCUT2D eigenvalue weighted by molar-refractivity contribution is 6.28. The summed E-state index contributed by atoms with van der Waals surface area (Å²) in [5.41, 5.74) is 0. The average molecular weight is 302 g/mol. The van der Waals surface area contributed by atoms with E-state index in [2.05, 4.69) is 34.1 Å². The smallest absolute Gasteiger partial charge is 0.231 e. The van der Waals surface area contributed by atoms with Crippen molar-refractivity contribution in [1.82, 2.24) is 15.0 Å². The zero-order valence-corrected chi connectivity index (χ0v) is 13.0. The van der Waals surface area contributed by atoms with Crippen LogP contribution in [-0.4, -0.2) is 46.3 Å². The Balaban J connectivity index is 2.49. The maximum Gasteiger partial charge on any atom is 0.231 e. The van der Waals surface area contributed by atoms with Crippen LogP contribution in [0.5, 0.6) is 0 Å². The Morgan fingerprint density at radius 3 is 2.40 bits per heavy atom. The first-order valence-electron chi connectivity index (χ1n) is 7.22. The number of unbranched alkanes of at least 4 members (excludes halogenated alkanes) is 3. The fourth-order valence-corrected chi connectivity index (χ4v) is 2.01. The fourth-order valence-electron chi connectivity index (χ4n) is 1.86. The van der Waals surface area contributed by atoms with Crippen LogP contribution >= 0.6 is 11.6 Å². The maximum atomic E-state index is 8.70. The van der Waals surface area contributed by atoms with E-state index in [1.54, 1.807) is 0 Å². The summed E-state index contributed by atoms with van der Waals surface area (Å²) >= 11 is 5.93.